The van der Waals surface area contributed by atoms with E-state index in [-0.39, 0.29) is 0 Å². The predicted octanol–water partition coefficient (Wildman–Crippen LogP) is 1.85. The number of nitrogens with zero attached hydrogens (tertiary/aromatic N) is 2. The van der Waals surface area contributed by atoms with Crippen molar-refractivity contribution in [1.29, 1.82) is 0 Å². The molecule has 0 unspecified atom stereocenters. The summed E-state index contributed by atoms with van der Waals surface area (Å²) in [6, 6.07) is 0.687. The van der Waals surface area contributed by atoms with Crippen molar-refractivity contribution in [3.05, 3.63) is 28.1 Å². The van der Waals surface area contributed by atoms with Gasteiger partial charge >= 0.3 is 5.69 Å². The summed E-state index contributed by atoms with van der Waals surface area (Å²) in [5, 5.41) is 10.5. The van der Waals surface area contributed by atoms with Crippen LogP contribution in [0.25, 0.3) is 0 Å². The standard InChI is InChI=1S/C6H3ClF2N2O4S/c7-16(14,15)3-1-2-10-4(6(8)9)5(3)11(12)13/h1-2,6H. The average molecular weight is 273 g/mol. The van der Waals surface area contributed by atoms with E-state index in [2.05, 4.69) is 4.98 Å². The van der Waals surface area contributed by atoms with Crippen molar-refractivity contribution in [1.82, 2.24) is 4.98 Å². The van der Waals surface area contributed by atoms with Crippen LogP contribution in [0.2, 0.25) is 0 Å². The van der Waals surface area contributed by atoms with Gasteiger partial charge in [0.2, 0.25) is 0 Å². The van der Waals surface area contributed by atoms with Gasteiger partial charge in [0.25, 0.3) is 15.5 Å². The Morgan fingerprint density at radius 1 is 1.50 bits per heavy atom. The number of rotatable bonds is 3. The normalized spacial score (nSPS) is 11.8. The van der Waals surface area contributed by atoms with Gasteiger partial charge in [0, 0.05) is 16.9 Å². The van der Waals surface area contributed by atoms with E-state index in [4.69, 9.17) is 10.7 Å². The first kappa shape index (κ1) is 12.7. The average Bonchev–Trinajstić information content (AvgIpc) is 2.14. The molecule has 0 amide bonds. The molecule has 0 bridgehead atoms. The van der Waals surface area contributed by atoms with Crippen LogP contribution in [0, 0.1) is 10.1 Å². The third kappa shape index (κ3) is 2.42. The first-order chi connectivity index (χ1) is 7.25. The Morgan fingerprint density at radius 2 is 2.06 bits per heavy atom. The number of hydrogen-bond acceptors (Lipinski definition) is 5. The Kier molecular flexibility index (Phi) is 3.38. The van der Waals surface area contributed by atoms with Crippen molar-refractivity contribution < 1.29 is 22.1 Å². The fourth-order valence-electron chi connectivity index (χ4n) is 0.992. The zero-order valence-electron chi connectivity index (χ0n) is 7.30. The largest absolute Gasteiger partial charge is 0.316 e. The van der Waals surface area contributed by atoms with Gasteiger partial charge in [-0.1, -0.05) is 0 Å². The molecule has 0 saturated heterocycles. The zero-order valence-corrected chi connectivity index (χ0v) is 8.87. The lowest BCUT2D eigenvalue weighted by atomic mass is 10.3. The molecule has 1 aromatic heterocycles. The Balaban J connectivity index is 3.65. The maximum atomic E-state index is 12.4. The summed E-state index contributed by atoms with van der Waals surface area (Å²) in [5.41, 5.74) is -2.53. The van der Waals surface area contributed by atoms with E-state index in [1.165, 1.54) is 0 Å². The van der Waals surface area contributed by atoms with E-state index in [1.54, 1.807) is 0 Å². The summed E-state index contributed by atoms with van der Waals surface area (Å²) in [6.45, 7) is 0. The van der Waals surface area contributed by atoms with Gasteiger partial charge < -0.3 is 0 Å². The molecule has 0 N–H and O–H groups in total. The molecule has 0 aliphatic rings. The van der Waals surface area contributed by atoms with Crippen LogP contribution in [0.3, 0.4) is 0 Å². The number of hydrogen-bond donors (Lipinski definition) is 0. The summed E-state index contributed by atoms with van der Waals surface area (Å²) < 4.78 is 46.5. The van der Waals surface area contributed by atoms with Crippen molar-refractivity contribution in [3.8, 4) is 0 Å². The third-order valence-electron chi connectivity index (χ3n) is 1.57. The molecule has 0 radical (unpaired) electrons. The molecule has 1 heterocycles. The first-order valence-electron chi connectivity index (χ1n) is 3.61. The summed E-state index contributed by atoms with van der Waals surface area (Å²) in [6.07, 6.45) is -2.55. The minimum Gasteiger partial charge on any atom is -0.258 e. The van der Waals surface area contributed by atoms with E-state index in [0.29, 0.717) is 12.3 Å². The summed E-state index contributed by atoms with van der Waals surface area (Å²) >= 11 is 0. The van der Waals surface area contributed by atoms with Gasteiger partial charge in [-0.25, -0.2) is 22.2 Å². The molecular weight excluding hydrogens is 270 g/mol. The number of pyridine rings is 1. The molecule has 0 aliphatic carbocycles. The highest BCUT2D eigenvalue weighted by Crippen LogP contribution is 2.33. The van der Waals surface area contributed by atoms with Crippen LogP contribution in [0.1, 0.15) is 12.1 Å². The fraction of sp³-hybridized carbons (Fsp3) is 0.167. The smallest absolute Gasteiger partial charge is 0.258 e. The van der Waals surface area contributed by atoms with Gasteiger partial charge in [0.15, 0.2) is 10.6 Å². The van der Waals surface area contributed by atoms with Crippen molar-refractivity contribution in [2.24, 2.45) is 0 Å². The molecular formula is C6H3ClF2N2O4S. The maximum absolute atomic E-state index is 12.4. The lowest BCUT2D eigenvalue weighted by molar-refractivity contribution is -0.389. The van der Waals surface area contributed by atoms with Crippen LogP contribution in [0.15, 0.2) is 17.2 Å². The highest BCUT2D eigenvalue weighted by molar-refractivity contribution is 8.13. The van der Waals surface area contributed by atoms with Gasteiger partial charge in [-0.05, 0) is 6.07 Å². The number of alkyl halides is 2. The molecule has 0 atom stereocenters. The van der Waals surface area contributed by atoms with Crippen LogP contribution in [0.5, 0.6) is 0 Å². The molecule has 0 fully saturated rings. The van der Waals surface area contributed by atoms with Crippen molar-refractivity contribution in [3.63, 3.8) is 0 Å². The van der Waals surface area contributed by atoms with Crippen LogP contribution in [-0.4, -0.2) is 18.3 Å². The Morgan fingerprint density at radius 3 is 2.44 bits per heavy atom. The van der Waals surface area contributed by atoms with Crippen LogP contribution >= 0.6 is 10.7 Å². The minimum atomic E-state index is -4.48. The quantitative estimate of drug-likeness (QED) is 0.476. The lowest BCUT2D eigenvalue weighted by Crippen LogP contribution is -2.05. The van der Waals surface area contributed by atoms with Crippen molar-refractivity contribution in [2.75, 3.05) is 0 Å². The topological polar surface area (TPSA) is 90.2 Å². The molecule has 88 valence electrons. The van der Waals surface area contributed by atoms with E-state index in [0.717, 1.165) is 0 Å². The Bertz CT molecular complexity index is 533. The molecule has 0 spiro atoms. The molecule has 0 saturated carbocycles. The predicted molar refractivity (Wildman–Crippen MR) is 48.9 cm³/mol. The highest BCUT2D eigenvalue weighted by Gasteiger charge is 2.32. The summed E-state index contributed by atoms with van der Waals surface area (Å²) in [5.74, 6) is 0. The van der Waals surface area contributed by atoms with E-state index >= 15 is 0 Å². The van der Waals surface area contributed by atoms with E-state index in [1.807, 2.05) is 0 Å². The van der Waals surface area contributed by atoms with Crippen LogP contribution < -0.4 is 0 Å². The number of halogens is 3. The monoisotopic (exact) mass is 272 g/mol. The SMILES string of the molecule is O=[N+]([O-])c1c(S(=O)(=O)Cl)ccnc1C(F)F. The van der Waals surface area contributed by atoms with Gasteiger partial charge in [0.1, 0.15) is 0 Å². The number of nitro groups is 1. The van der Waals surface area contributed by atoms with E-state index < -0.39 is 36.7 Å². The third-order valence-corrected chi connectivity index (χ3v) is 2.92. The molecule has 0 aromatic carbocycles. The summed E-state index contributed by atoms with van der Waals surface area (Å²) in [4.78, 5) is 11.3. The molecule has 6 nitrogen and oxygen atoms in total. The second-order valence-electron chi connectivity index (χ2n) is 2.54. The van der Waals surface area contributed by atoms with Gasteiger partial charge in [0.05, 0.1) is 4.92 Å². The second-order valence-corrected chi connectivity index (χ2v) is 5.07. The molecule has 1 rings (SSSR count). The van der Waals surface area contributed by atoms with Gasteiger partial charge in [-0.15, -0.1) is 0 Å². The van der Waals surface area contributed by atoms with E-state index in [9.17, 15) is 27.3 Å². The van der Waals surface area contributed by atoms with Gasteiger partial charge in [-0.2, -0.15) is 0 Å². The van der Waals surface area contributed by atoms with Crippen molar-refractivity contribution in [2.45, 2.75) is 11.3 Å². The molecule has 16 heavy (non-hydrogen) atoms. The van der Waals surface area contributed by atoms with Crippen molar-refractivity contribution >= 4 is 25.4 Å². The zero-order chi connectivity index (χ0) is 12.5. The fourth-order valence-corrected chi connectivity index (χ4v) is 2.00. The highest BCUT2D eigenvalue weighted by atomic mass is 35.7. The number of aromatic nitrogens is 1. The minimum absolute atomic E-state index is 0.687. The van der Waals surface area contributed by atoms with Gasteiger partial charge in [-0.3, -0.25) is 10.1 Å². The first-order valence-corrected chi connectivity index (χ1v) is 5.92. The van der Waals surface area contributed by atoms with Crippen LogP contribution in [-0.2, 0) is 9.05 Å². The summed E-state index contributed by atoms with van der Waals surface area (Å²) in [7, 11) is 0.402. The molecule has 0 aliphatic heterocycles. The lowest BCUT2D eigenvalue weighted by Gasteiger charge is -2.03. The Hall–Kier alpha value is -1.35. The molecule has 10 heteroatoms. The maximum Gasteiger partial charge on any atom is 0.316 e. The molecule has 1 aromatic rings. The second kappa shape index (κ2) is 4.26. The Labute approximate surface area is 92.4 Å². The van der Waals surface area contributed by atoms with Crippen LogP contribution in [0.4, 0.5) is 14.5 Å².